The Morgan fingerprint density at radius 3 is 2.50 bits per heavy atom. The average Bonchev–Trinajstić information content (AvgIpc) is 2.83. The van der Waals surface area contributed by atoms with Crippen LogP contribution in [0.2, 0.25) is 5.02 Å². The molecule has 0 aromatic heterocycles. The second kappa shape index (κ2) is 10.5. The standard InChI is InChI=1S/C27H28ClNO5/c1-16-24(27(31)34-13-12-32-2)25(17-8-10-19(28)11-9-17)26-21(29-16)14-18(15-22(26)30)20-6-4-5-7-23(20)33-3/h4-11,18,25,29H,12-15H2,1-3H3/t18-,25+/m1/s1. The molecule has 1 aliphatic heterocycles. The van der Waals surface area contributed by atoms with Gasteiger partial charge in [0.2, 0.25) is 0 Å². The molecule has 2 atom stereocenters. The number of carbonyl (C=O) groups excluding carboxylic acids is 2. The van der Waals surface area contributed by atoms with Crippen molar-refractivity contribution in [1.29, 1.82) is 0 Å². The van der Waals surface area contributed by atoms with E-state index < -0.39 is 11.9 Å². The number of carbonyl (C=O) groups is 2. The van der Waals surface area contributed by atoms with E-state index in [1.165, 1.54) is 0 Å². The zero-order valence-corrected chi connectivity index (χ0v) is 20.3. The van der Waals surface area contributed by atoms with Crippen LogP contribution in [0.4, 0.5) is 0 Å². The van der Waals surface area contributed by atoms with Crippen molar-refractivity contribution in [2.24, 2.45) is 0 Å². The first-order valence-corrected chi connectivity index (χ1v) is 11.6. The van der Waals surface area contributed by atoms with Gasteiger partial charge in [0, 0.05) is 47.4 Å². The third-order valence-electron chi connectivity index (χ3n) is 6.35. The topological polar surface area (TPSA) is 73.9 Å². The lowest BCUT2D eigenvalue weighted by molar-refractivity contribution is -0.140. The van der Waals surface area contributed by atoms with E-state index in [1.807, 2.05) is 43.3 Å². The van der Waals surface area contributed by atoms with Crippen molar-refractivity contribution in [2.75, 3.05) is 27.4 Å². The van der Waals surface area contributed by atoms with Crippen molar-refractivity contribution in [2.45, 2.75) is 31.6 Å². The molecule has 1 heterocycles. The minimum atomic E-state index is -0.533. The third-order valence-corrected chi connectivity index (χ3v) is 6.60. The highest BCUT2D eigenvalue weighted by Gasteiger charge is 2.41. The first-order chi connectivity index (χ1) is 16.4. The number of halogens is 1. The number of ether oxygens (including phenoxy) is 3. The van der Waals surface area contributed by atoms with E-state index >= 15 is 0 Å². The molecule has 7 heteroatoms. The van der Waals surface area contributed by atoms with Crippen LogP contribution in [0.15, 0.2) is 71.1 Å². The average molecular weight is 482 g/mol. The van der Waals surface area contributed by atoms with Crippen molar-refractivity contribution in [1.82, 2.24) is 5.32 Å². The summed E-state index contributed by atoms with van der Waals surface area (Å²) in [5, 5.41) is 3.94. The van der Waals surface area contributed by atoms with Crippen molar-refractivity contribution < 1.29 is 23.8 Å². The third kappa shape index (κ3) is 4.74. The summed E-state index contributed by atoms with van der Waals surface area (Å²) in [6, 6.07) is 15.0. The quantitative estimate of drug-likeness (QED) is 0.448. The first-order valence-electron chi connectivity index (χ1n) is 11.2. The van der Waals surface area contributed by atoms with Crippen LogP contribution in [-0.4, -0.2) is 39.2 Å². The summed E-state index contributed by atoms with van der Waals surface area (Å²) in [6.45, 7) is 2.27. The lowest BCUT2D eigenvalue weighted by Crippen LogP contribution is -2.36. The van der Waals surface area contributed by atoms with Crippen LogP contribution in [-0.2, 0) is 19.1 Å². The van der Waals surface area contributed by atoms with E-state index in [1.54, 1.807) is 26.4 Å². The molecule has 2 aliphatic rings. The summed E-state index contributed by atoms with van der Waals surface area (Å²) in [5.74, 6) is -0.255. The van der Waals surface area contributed by atoms with Crippen LogP contribution < -0.4 is 10.1 Å². The number of dihydropyridines is 1. The van der Waals surface area contributed by atoms with Crippen LogP contribution in [0.5, 0.6) is 5.75 Å². The molecular formula is C27H28ClNO5. The highest BCUT2D eigenvalue weighted by Crippen LogP contribution is 2.47. The molecule has 6 nitrogen and oxygen atoms in total. The highest BCUT2D eigenvalue weighted by atomic mass is 35.5. The Labute approximate surface area is 204 Å². The van der Waals surface area contributed by atoms with Gasteiger partial charge in [0.05, 0.1) is 19.3 Å². The Kier molecular flexibility index (Phi) is 7.39. The summed E-state index contributed by atoms with van der Waals surface area (Å²) < 4.78 is 16.0. The smallest absolute Gasteiger partial charge is 0.336 e. The molecule has 0 saturated heterocycles. The van der Waals surface area contributed by atoms with Gasteiger partial charge in [-0.2, -0.15) is 0 Å². The van der Waals surface area contributed by atoms with Gasteiger partial charge in [-0.25, -0.2) is 4.79 Å². The molecule has 1 N–H and O–H groups in total. The molecule has 1 aliphatic carbocycles. The lowest BCUT2D eigenvalue weighted by atomic mass is 9.71. The van der Waals surface area contributed by atoms with Gasteiger partial charge in [0.25, 0.3) is 0 Å². The molecule has 0 bridgehead atoms. The molecule has 0 radical (unpaired) electrons. The number of Topliss-reactive ketones (excluding diaryl/α,β-unsaturated/α-hetero) is 1. The molecule has 0 spiro atoms. The largest absolute Gasteiger partial charge is 0.496 e. The molecule has 0 fully saturated rings. The predicted octanol–water partition coefficient (Wildman–Crippen LogP) is 4.90. The van der Waals surface area contributed by atoms with Gasteiger partial charge in [0.15, 0.2) is 5.78 Å². The number of para-hydroxylation sites is 1. The van der Waals surface area contributed by atoms with E-state index in [9.17, 15) is 9.59 Å². The maximum atomic E-state index is 13.6. The number of benzene rings is 2. The van der Waals surface area contributed by atoms with E-state index in [-0.39, 0.29) is 18.3 Å². The number of allylic oxidation sites excluding steroid dienone is 3. The van der Waals surface area contributed by atoms with E-state index in [4.69, 9.17) is 25.8 Å². The zero-order chi connectivity index (χ0) is 24.2. The summed E-state index contributed by atoms with van der Waals surface area (Å²) in [4.78, 5) is 26.8. The van der Waals surface area contributed by atoms with Crippen LogP contribution in [0.1, 0.15) is 42.7 Å². The molecule has 2 aromatic carbocycles. The summed E-state index contributed by atoms with van der Waals surface area (Å²) in [5.41, 5.74) is 4.37. The summed E-state index contributed by atoms with van der Waals surface area (Å²) in [6.07, 6.45) is 0.963. The summed E-state index contributed by atoms with van der Waals surface area (Å²) in [7, 11) is 3.19. The second-order valence-electron chi connectivity index (χ2n) is 8.44. The van der Waals surface area contributed by atoms with Gasteiger partial charge >= 0.3 is 5.97 Å². The minimum Gasteiger partial charge on any atom is -0.496 e. The number of hydrogen-bond donors (Lipinski definition) is 1. The first kappa shape index (κ1) is 24.0. The number of methoxy groups -OCH3 is 2. The van der Waals surface area contributed by atoms with E-state index in [0.29, 0.717) is 41.3 Å². The van der Waals surface area contributed by atoms with Gasteiger partial charge in [0.1, 0.15) is 12.4 Å². The van der Waals surface area contributed by atoms with Crippen LogP contribution in [0.3, 0.4) is 0 Å². The highest BCUT2D eigenvalue weighted by molar-refractivity contribution is 6.30. The Bertz CT molecular complexity index is 1150. The van der Waals surface area contributed by atoms with Gasteiger partial charge in [-0.05, 0) is 42.7 Å². The second-order valence-corrected chi connectivity index (χ2v) is 8.88. The molecule has 178 valence electrons. The monoisotopic (exact) mass is 481 g/mol. The van der Waals surface area contributed by atoms with Gasteiger partial charge in [-0.15, -0.1) is 0 Å². The fourth-order valence-corrected chi connectivity index (χ4v) is 4.94. The van der Waals surface area contributed by atoms with Crippen molar-refractivity contribution >= 4 is 23.4 Å². The van der Waals surface area contributed by atoms with Crippen LogP contribution >= 0.6 is 11.6 Å². The van der Waals surface area contributed by atoms with Crippen molar-refractivity contribution in [3.8, 4) is 5.75 Å². The molecule has 0 amide bonds. The number of ketones is 1. The zero-order valence-electron chi connectivity index (χ0n) is 19.5. The molecule has 4 rings (SSSR count). The number of esters is 1. The SMILES string of the molecule is COCCOC(=O)C1=C(C)NC2=C(C(=O)C[C@H](c3ccccc3OC)C2)[C@H]1c1ccc(Cl)cc1. The van der Waals surface area contributed by atoms with Crippen LogP contribution in [0.25, 0.3) is 0 Å². The normalized spacial score (nSPS) is 20.1. The Morgan fingerprint density at radius 1 is 1.06 bits per heavy atom. The maximum absolute atomic E-state index is 13.6. The molecule has 0 saturated carbocycles. The fourth-order valence-electron chi connectivity index (χ4n) is 4.82. The van der Waals surface area contributed by atoms with E-state index in [2.05, 4.69) is 5.32 Å². The van der Waals surface area contributed by atoms with Crippen LogP contribution in [0, 0.1) is 0 Å². The van der Waals surface area contributed by atoms with Gasteiger partial charge < -0.3 is 19.5 Å². The Morgan fingerprint density at radius 2 is 1.79 bits per heavy atom. The predicted molar refractivity (Wildman–Crippen MR) is 130 cm³/mol. The lowest BCUT2D eigenvalue weighted by Gasteiger charge is -2.37. The van der Waals surface area contributed by atoms with Gasteiger partial charge in [-0.1, -0.05) is 41.9 Å². The fraction of sp³-hybridized carbons (Fsp3) is 0.333. The van der Waals surface area contributed by atoms with Crippen molar-refractivity contribution in [3.63, 3.8) is 0 Å². The minimum absolute atomic E-state index is 0.000650. The summed E-state index contributed by atoms with van der Waals surface area (Å²) >= 11 is 6.12. The van der Waals surface area contributed by atoms with Gasteiger partial charge in [-0.3, -0.25) is 4.79 Å². The van der Waals surface area contributed by atoms with E-state index in [0.717, 1.165) is 22.6 Å². The maximum Gasteiger partial charge on any atom is 0.336 e. The molecule has 2 aromatic rings. The molecular weight excluding hydrogens is 454 g/mol. The number of hydrogen-bond acceptors (Lipinski definition) is 6. The molecule has 34 heavy (non-hydrogen) atoms. The Balaban J connectivity index is 1.75. The Hall–Kier alpha value is -3.09. The number of nitrogens with one attached hydrogen (secondary N) is 1. The number of rotatable bonds is 7. The van der Waals surface area contributed by atoms with Crippen molar-refractivity contribution in [3.05, 3.63) is 87.2 Å². The molecule has 0 unspecified atom stereocenters.